The average molecular weight is 278 g/mol. The standard InChI is InChI=1S/C13H14N2O5/c1-9-3-2-4-10(14-9)7-8-19-13(18)20-15-11(16)5-6-12(15)17/h2-4H,5-8H2,1H3. The third kappa shape index (κ3) is 3.53. The van der Waals surface area contributed by atoms with Crippen molar-refractivity contribution >= 4 is 18.0 Å². The molecule has 0 N–H and O–H groups in total. The molecule has 2 amide bonds. The molecule has 1 saturated heterocycles. The molecule has 1 aromatic rings. The van der Waals surface area contributed by atoms with Gasteiger partial charge in [0.2, 0.25) is 0 Å². The Labute approximate surface area is 115 Å². The maximum absolute atomic E-state index is 11.3. The molecule has 106 valence electrons. The molecular weight excluding hydrogens is 264 g/mol. The van der Waals surface area contributed by atoms with Crippen LogP contribution in [0.15, 0.2) is 18.2 Å². The van der Waals surface area contributed by atoms with Crippen LogP contribution in [0, 0.1) is 6.92 Å². The SMILES string of the molecule is Cc1cccc(CCOC(=O)ON2C(=O)CCC2=O)n1. The molecule has 0 aromatic carbocycles. The predicted octanol–water partition coefficient (Wildman–Crippen LogP) is 1.15. The van der Waals surface area contributed by atoms with Crippen LogP contribution in [0.3, 0.4) is 0 Å². The highest BCUT2D eigenvalue weighted by atomic mass is 16.8. The molecule has 1 fully saturated rings. The van der Waals surface area contributed by atoms with Crippen molar-refractivity contribution in [3.63, 3.8) is 0 Å². The molecule has 7 nitrogen and oxygen atoms in total. The van der Waals surface area contributed by atoms with Gasteiger partial charge in [-0.05, 0) is 19.1 Å². The Balaban J connectivity index is 1.75. The molecule has 2 heterocycles. The van der Waals surface area contributed by atoms with E-state index in [1.165, 1.54) is 0 Å². The van der Waals surface area contributed by atoms with Crippen LogP contribution in [0.25, 0.3) is 0 Å². The first kappa shape index (κ1) is 14.0. The van der Waals surface area contributed by atoms with Crippen molar-refractivity contribution < 1.29 is 24.0 Å². The van der Waals surface area contributed by atoms with Gasteiger partial charge >= 0.3 is 6.16 Å². The quantitative estimate of drug-likeness (QED) is 0.606. The van der Waals surface area contributed by atoms with Gasteiger partial charge in [-0.1, -0.05) is 11.1 Å². The van der Waals surface area contributed by atoms with Crippen LogP contribution < -0.4 is 0 Å². The maximum atomic E-state index is 11.3. The van der Waals surface area contributed by atoms with Gasteiger partial charge in [-0.3, -0.25) is 19.4 Å². The molecule has 0 spiro atoms. The Bertz CT molecular complexity index is 527. The highest BCUT2D eigenvalue weighted by molar-refractivity contribution is 6.01. The highest BCUT2D eigenvalue weighted by Gasteiger charge is 2.33. The van der Waals surface area contributed by atoms with E-state index in [4.69, 9.17) is 4.74 Å². The summed E-state index contributed by atoms with van der Waals surface area (Å²) < 4.78 is 4.80. The van der Waals surface area contributed by atoms with Crippen LogP contribution in [0.5, 0.6) is 0 Å². The van der Waals surface area contributed by atoms with Crippen LogP contribution in [0.2, 0.25) is 0 Å². The number of amides is 2. The van der Waals surface area contributed by atoms with Crippen LogP contribution in [0.4, 0.5) is 4.79 Å². The first-order valence-corrected chi connectivity index (χ1v) is 6.19. The number of pyridine rings is 1. The van der Waals surface area contributed by atoms with Gasteiger partial charge in [0, 0.05) is 30.7 Å². The average Bonchev–Trinajstić information content (AvgIpc) is 2.71. The van der Waals surface area contributed by atoms with Gasteiger partial charge in [0.15, 0.2) is 0 Å². The number of carbonyl (C=O) groups excluding carboxylic acids is 3. The maximum Gasteiger partial charge on any atom is 0.533 e. The fourth-order valence-electron chi connectivity index (χ4n) is 1.74. The lowest BCUT2D eigenvalue weighted by Crippen LogP contribution is -2.32. The molecule has 0 saturated carbocycles. The van der Waals surface area contributed by atoms with Crippen LogP contribution in [0.1, 0.15) is 24.2 Å². The topological polar surface area (TPSA) is 85.8 Å². The second-order valence-electron chi connectivity index (χ2n) is 4.29. The molecule has 0 radical (unpaired) electrons. The number of nitrogens with zero attached hydrogens (tertiary/aromatic N) is 2. The summed E-state index contributed by atoms with van der Waals surface area (Å²) in [6.45, 7) is 1.93. The number of hydrogen-bond donors (Lipinski definition) is 0. The van der Waals surface area contributed by atoms with Gasteiger partial charge in [-0.2, -0.15) is 0 Å². The highest BCUT2D eigenvalue weighted by Crippen LogP contribution is 2.12. The zero-order chi connectivity index (χ0) is 14.5. The number of aromatic nitrogens is 1. The van der Waals surface area contributed by atoms with Crippen molar-refractivity contribution in [2.45, 2.75) is 26.2 Å². The lowest BCUT2D eigenvalue weighted by Gasteiger charge is -2.12. The number of aryl methyl sites for hydroxylation is 1. The Morgan fingerprint density at radius 2 is 2.00 bits per heavy atom. The van der Waals surface area contributed by atoms with Crippen LogP contribution >= 0.6 is 0 Å². The summed E-state index contributed by atoms with van der Waals surface area (Å²) in [5.41, 5.74) is 1.66. The molecule has 1 aliphatic heterocycles. The summed E-state index contributed by atoms with van der Waals surface area (Å²) in [4.78, 5) is 42.6. The largest absolute Gasteiger partial charge is 0.533 e. The van der Waals surface area contributed by atoms with Crippen LogP contribution in [-0.4, -0.2) is 34.6 Å². The zero-order valence-corrected chi connectivity index (χ0v) is 11.0. The van der Waals surface area contributed by atoms with E-state index in [0.29, 0.717) is 11.5 Å². The molecule has 0 aliphatic carbocycles. The molecule has 2 rings (SSSR count). The lowest BCUT2D eigenvalue weighted by molar-refractivity contribution is -0.177. The molecule has 1 aromatic heterocycles. The number of hydroxylamine groups is 2. The molecule has 0 atom stereocenters. The molecule has 0 unspecified atom stereocenters. The van der Waals surface area contributed by atoms with Gasteiger partial charge in [-0.15, -0.1) is 0 Å². The van der Waals surface area contributed by atoms with Crippen LogP contribution in [-0.2, 0) is 25.6 Å². The molecule has 7 heteroatoms. The minimum atomic E-state index is -1.07. The van der Waals surface area contributed by atoms with Crippen molar-refractivity contribution in [3.05, 3.63) is 29.6 Å². The Hall–Kier alpha value is -2.44. The van der Waals surface area contributed by atoms with E-state index < -0.39 is 18.0 Å². The second kappa shape index (κ2) is 6.14. The summed E-state index contributed by atoms with van der Waals surface area (Å²) in [5, 5.41) is 0.452. The monoisotopic (exact) mass is 278 g/mol. The van der Waals surface area contributed by atoms with Gasteiger partial charge < -0.3 is 4.74 Å². The van der Waals surface area contributed by atoms with E-state index in [1.54, 1.807) is 0 Å². The fourth-order valence-corrected chi connectivity index (χ4v) is 1.74. The van der Waals surface area contributed by atoms with Crippen molar-refractivity contribution in [3.8, 4) is 0 Å². The zero-order valence-electron chi connectivity index (χ0n) is 11.0. The van der Waals surface area contributed by atoms with E-state index in [0.717, 1.165) is 11.4 Å². The summed E-state index contributed by atoms with van der Waals surface area (Å²) in [6.07, 6.45) is -0.529. The van der Waals surface area contributed by atoms with E-state index in [2.05, 4.69) is 9.82 Å². The number of ether oxygens (including phenoxy) is 1. The minimum absolute atomic E-state index is 0.0549. The van der Waals surface area contributed by atoms with Gasteiger partial charge in [0.05, 0.1) is 0 Å². The second-order valence-corrected chi connectivity index (χ2v) is 4.29. The third-order valence-electron chi connectivity index (χ3n) is 2.70. The summed E-state index contributed by atoms with van der Waals surface area (Å²) >= 11 is 0. The van der Waals surface area contributed by atoms with Crippen molar-refractivity contribution in [1.82, 2.24) is 10.0 Å². The molecule has 1 aliphatic rings. The smallest absolute Gasteiger partial charge is 0.432 e. The van der Waals surface area contributed by atoms with E-state index in [9.17, 15) is 14.4 Å². The van der Waals surface area contributed by atoms with Gasteiger partial charge in [0.1, 0.15) is 6.61 Å². The Morgan fingerprint density at radius 3 is 2.65 bits per heavy atom. The summed E-state index contributed by atoms with van der Waals surface area (Å²) in [5.74, 6) is -1.07. The Kier molecular flexibility index (Phi) is 4.29. The van der Waals surface area contributed by atoms with Gasteiger partial charge in [-0.25, -0.2) is 4.79 Å². The molecule has 20 heavy (non-hydrogen) atoms. The summed E-state index contributed by atoms with van der Waals surface area (Å²) in [6, 6.07) is 5.54. The first-order chi connectivity index (χ1) is 9.56. The molecule has 0 bridgehead atoms. The Morgan fingerprint density at radius 1 is 1.30 bits per heavy atom. The van der Waals surface area contributed by atoms with E-state index in [-0.39, 0.29) is 19.4 Å². The van der Waals surface area contributed by atoms with Crippen molar-refractivity contribution in [2.75, 3.05) is 6.61 Å². The van der Waals surface area contributed by atoms with E-state index in [1.807, 2.05) is 25.1 Å². The number of imide groups is 1. The van der Waals surface area contributed by atoms with Crippen molar-refractivity contribution in [2.24, 2.45) is 0 Å². The summed E-state index contributed by atoms with van der Waals surface area (Å²) in [7, 11) is 0. The van der Waals surface area contributed by atoms with Crippen molar-refractivity contribution in [1.29, 1.82) is 0 Å². The number of rotatable bonds is 4. The fraction of sp³-hybridized carbons (Fsp3) is 0.385. The number of hydrogen-bond acceptors (Lipinski definition) is 6. The predicted molar refractivity (Wildman–Crippen MR) is 66.2 cm³/mol. The third-order valence-corrected chi connectivity index (χ3v) is 2.70. The number of carbonyl (C=O) groups is 3. The minimum Gasteiger partial charge on any atom is -0.432 e. The lowest BCUT2D eigenvalue weighted by atomic mass is 10.2. The van der Waals surface area contributed by atoms with Gasteiger partial charge in [0.25, 0.3) is 11.8 Å². The normalized spacial score (nSPS) is 14.6. The van der Waals surface area contributed by atoms with E-state index >= 15 is 0 Å². The first-order valence-electron chi connectivity index (χ1n) is 6.19. The molecular formula is C13H14N2O5.